The molecule has 3 amide bonds. The zero-order valence-electron chi connectivity index (χ0n) is 21.4. The van der Waals surface area contributed by atoms with E-state index in [1.165, 1.54) is 32.1 Å². The van der Waals surface area contributed by atoms with Gasteiger partial charge in [-0.2, -0.15) is 0 Å². The van der Waals surface area contributed by atoms with E-state index in [1.807, 2.05) is 6.08 Å². The summed E-state index contributed by atoms with van der Waals surface area (Å²) in [5.41, 5.74) is 0.436. The fraction of sp³-hybridized carbons (Fsp3) is 0.741. The Morgan fingerprint density at radius 2 is 2.03 bits per heavy atom. The summed E-state index contributed by atoms with van der Waals surface area (Å²) < 4.78 is 0. The summed E-state index contributed by atoms with van der Waals surface area (Å²) in [7, 11) is 0. The molecule has 1 heterocycles. The first-order chi connectivity index (χ1) is 17.0. The lowest BCUT2D eigenvalue weighted by atomic mass is 9.77. The lowest BCUT2D eigenvalue weighted by Crippen LogP contribution is -2.49. The molecular weight excluding hydrogens is 442 g/mol. The first-order valence-corrected chi connectivity index (χ1v) is 13.7. The van der Waals surface area contributed by atoms with E-state index in [0.717, 1.165) is 44.1 Å². The Bertz CT molecular complexity index is 790. The highest BCUT2D eigenvalue weighted by Crippen LogP contribution is 2.36. The van der Waals surface area contributed by atoms with Crippen molar-refractivity contribution in [2.45, 2.75) is 89.5 Å². The molecule has 0 bridgehead atoms. The zero-order valence-corrected chi connectivity index (χ0v) is 21.4. The molecule has 2 unspecified atom stereocenters. The van der Waals surface area contributed by atoms with Crippen LogP contribution in [0.5, 0.6) is 0 Å². The number of nitrogens with one attached hydrogen (secondary N) is 4. The molecule has 5 N–H and O–H groups in total. The van der Waals surface area contributed by atoms with Crippen LogP contribution in [0.2, 0.25) is 0 Å². The molecule has 3 rings (SSSR count). The van der Waals surface area contributed by atoms with E-state index in [4.69, 9.17) is 10.5 Å². The minimum atomic E-state index is -0.608. The number of aliphatic hydroxyl groups is 1. The van der Waals surface area contributed by atoms with Gasteiger partial charge in [0.1, 0.15) is 5.54 Å². The van der Waals surface area contributed by atoms with Crippen LogP contribution in [0.1, 0.15) is 84.0 Å². The van der Waals surface area contributed by atoms with Crippen LogP contribution in [0.25, 0.3) is 0 Å². The van der Waals surface area contributed by atoms with E-state index in [0.29, 0.717) is 32.0 Å². The fourth-order valence-corrected chi connectivity index (χ4v) is 5.55. The van der Waals surface area contributed by atoms with Crippen molar-refractivity contribution in [1.29, 1.82) is 5.41 Å². The number of hydrogen-bond acceptors (Lipinski definition) is 4. The van der Waals surface area contributed by atoms with Gasteiger partial charge in [-0.15, -0.1) is 0 Å². The van der Waals surface area contributed by atoms with Crippen LogP contribution in [0.4, 0.5) is 4.79 Å². The van der Waals surface area contributed by atoms with Crippen molar-refractivity contribution < 1.29 is 14.7 Å². The second-order valence-electron chi connectivity index (χ2n) is 10.5. The topological polar surface area (TPSA) is 118 Å². The van der Waals surface area contributed by atoms with Crippen molar-refractivity contribution in [2.24, 2.45) is 11.8 Å². The molecule has 8 nitrogen and oxygen atoms in total. The van der Waals surface area contributed by atoms with E-state index in [9.17, 15) is 9.59 Å². The van der Waals surface area contributed by atoms with Gasteiger partial charge in [0.25, 0.3) is 5.91 Å². The zero-order chi connectivity index (χ0) is 25.1. The second kappa shape index (κ2) is 13.7. The first-order valence-electron chi connectivity index (χ1n) is 13.7. The van der Waals surface area contributed by atoms with E-state index in [1.54, 1.807) is 4.90 Å². The number of carbonyl (C=O) groups excluding carboxylic acids is 2. The van der Waals surface area contributed by atoms with Gasteiger partial charge in [-0.25, -0.2) is 4.79 Å². The van der Waals surface area contributed by atoms with Crippen LogP contribution in [0.3, 0.4) is 0 Å². The standard InChI is InChI=1S/C27H45N5O3/c1-2-3-15-27(18-21-9-5-4-6-10-21)24(34)32(25(28)31-27)20-23-13-11-22(12-14-23)19-30-26(35)29-16-7-8-17-33/h11-13,21,23,33H,2-10,14-20H2,1H3,(H2,28,31)(H2,29,30,35). The minimum absolute atomic E-state index is 0.0873. The molecule has 196 valence electrons. The number of allylic oxidation sites excluding steroid dienone is 1. The highest BCUT2D eigenvalue weighted by atomic mass is 16.3. The van der Waals surface area contributed by atoms with E-state index in [-0.39, 0.29) is 30.4 Å². The number of aliphatic hydroxyl groups excluding tert-OH is 1. The van der Waals surface area contributed by atoms with Crippen LogP contribution in [0, 0.1) is 17.2 Å². The van der Waals surface area contributed by atoms with Crippen molar-refractivity contribution in [2.75, 3.05) is 26.2 Å². The number of nitrogens with zero attached hydrogens (tertiary/aromatic N) is 1. The third-order valence-corrected chi connectivity index (χ3v) is 7.61. The Labute approximate surface area is 210 Å². The third kappa shape index (κ3) is 7.82. The molecule has 1 aliphatic heterocycles. The van der Waals surface area contributed by atoms with Gasteiger partial charge in [0.15, 0.2) is 5.96 Å². The average molecular weight is 488 g/mol. The van der Waals surface area contributed by atoms with Crippen molar-refractivity contribution >= 4 is 17.9 Å². The third-order valence-electron chi connectivity index (χ3n) is 7.61. The van der Waals surface area contributed by atoms with Crippen molar-refractivity contribution in [3.05, 3.63) is 23.8 Å². The summed E-state index contributed by atoms with van der Waals surface area (Å²) in [5, 5.41) is 26.4. The first kappa shape index (κ1) is 27.2. The molecule has 2 fully saturated rings. The molecule has 0 spiro atoms. The van der Waals surface area contributed by atoms with Gasteiger partial charge in [-0.3, -0.25) is 15.1 Å². The predicted molar refractivity (Wildman–Crippen MR) is 139 cm³/mol. The van der Waals surface area contributed by atoms with Gasteiger partial charge >= 0.3 is 6.03 Å². The number of unbranched alkanes of at least 4 members (excludes halogenated alkanes) is 2. The normalized spacial score (nSPS) is 24.9. The van der Waals surface area contributed by atoms with Gasteiger partial charge in [0.2, 0.25) is 0 Å². The quantitative estimate of drug-likeness (QED) is 0.254. The van der Waals surface area contributed by atoms with Gasteiger partial charge in [0.05, 0.1) is 0 Å². The number of hydrogen-bond donors (Lipinski definition) is 5. The van der Waals surface area contributed by atoms with E-state index in [2.05, 4.69) is 35.0 Å². The SMILES string of the molecule is CCCCC1(CC2CCCCC2)NC(=N)N(CC2C=CC(CNC(=O)NCCCCO)=CC2)C1=O. The Hall–Kier alpha value is -2.35. The molecule has 2 atom stereocenters. The molecule has 8 heteroatoms. The molecular formula is C27H45N5O3. The number of amides is 3. The van der Waals surface area contributed by atoms with Crippen molar-refractivity contribution in [3.8, 4) is 0 Å². The summed E-state index contributed by atoms with van der Waals surface area (Å²) in [6, 6.07) is -0.206. The second-order valence-corrected chi connectivity index (χ2v) is 10.5. The Morgan fingerprint density at radius 3 is 2.71 bits per heavy atom. The van der Waals surface area contributed by atoms with Crippen molar-refractivity contribution in [1.82, 2.24) is 20.9 Å². The van der Waals surface area contributed by atoms with Crippen LogP contribution >= 0.6 is 0 Å². The molecule has 3 aliphatic rings. The largest absolute Gasteiger partial charge is 0.396 e. The summed E-state index contributed by atoms with van der Waals surface area (Å²) in [6.07, 6.45) is 18.4. The Balaban J connectivity index is 1.50. The maximum Gasteiger partial charge on any atom is 0.315 e. The molecule has 0 aromatic carbocycles. The number of urea groups is 1. The molecule has 35 heavy (non-hydrogen) atoms. The maximum atomic E-state index is 13.7. The molecule has 1 saturated heterocycles. The fourth-order valence-electron chi connectivity index (χ4n) is 5.55. The predicted octanol–water partition coefficient (Wildman–Crippen LogP) is 3.83. The summed E-state index contributed by atoms with van der Waals surface area (Å²) in [5.74, 6) is 1.08. The van der Waals surface area contributed by atoms with Gasteiger partial charge < -0.3 is 21.1 Å². The molecule has 1 saturated carbocycles. The average Bonchev–Trinajstić information content (AvgIpc) is 3.09. The lowest BCUT2D eigenvalue weighted by Gasteiger charge is -2.33. The highest BCUT2D eigenvalue weighted by Gasteiger charge is 2.50. The summed E-state index contributed by atoms with van der Waals surface area (Å²) in [6.45, 7) is 3.82. The van der Waals surface area contributed by atoms with Crippen LogP contribution in [0.15, 0.2) is 23.8 Å². The van der Waals surface area contributed by atoms with Gasteiger partial charge in [0, 0.05) is 26.2 Å². The smallest absolute Gasteiger partial charge is 0.315 e. The van der Waals surface area contributed by atoms with Crippen molar-refractivity contribution in [3.63, 3.8) is 0 Å². The highest BCUT2D eigenvalue weighted by molar-refractivity contribution is 6.08. The van der Waals surface area contributed by atoms with Crippen LogP contribution in [-0.2, 0) is 4.79 Å². The molecule has 0 aromatic heterocycles. The monoisotopic (exact) mass is 487 g/mol. The minimum Gasteiger partial charge on any atom is -0.396 e. The van der Waals surface area contributed by atoms with E-state index < -0.39 is 5.54 Å². The molecule has 0 aromatic rings. The van der Waals surface area contributed by atoms with Crippen LogP contribution < -0.4 is 16.0 Å². The van der Waals surface area contributed by atoms with Crippen LogP contribution in [-0.4, -0.2) is 59.7 Å². The Kier molecular flexibility index (Phi) is 10.6. The van der Waals surface area contributed by atoms with Gasteiger partial charge in [-0.05, 0) is 49.5 Å². The summed E-state index contributed by atoms with van der Waals surface area (Å²) in [4.78, 5) is 27.2. The van der Waals surface area contributed by atoms with Gasteiger partial charge in [-0.1, -0.05) is 70.1 Å². The number of guanidine groups is 1. The molecule has 0 radical (unpaired) electrons. The van der Waals surface area contributed by atoms with E-state index >= 15 is 0 Å². The number of rotatable bonds is 13. The number of carbonyl (C=O) groups is 2. The maximum absolute atomic E-state index is 13.7. The summed E-state index contributed by atoms with van der Waals surface area (Å²) >= 11 is 0. The lowest BCUT2D eigenvalue weighted by molar-refractivity contribution is -0.132. The molecule has 2 aliphatic carbocycles. The Morgan fingerprint density at radius 1 is 1.23 bits per heavy atom.